The maximum atomic E-state index is 12.4. The smallest absolute Gasteiger partial charge is 0.203 e. The number of carbonyl (C=O) groups excluding carboxylic acids is 1. The molecule has 0 atom stereocenters. The van der Waals surface area contributed by atoms with Crippen molar-refractivity contribution in [2.75, 3.05) is 0 Å². The molecule has 5 nitrogen and oxygen atoms in total. The lowest BCUT2D eigenvalue weighted by atomic mass is 10.0. The van der Waals surface area contributed by atoms with Gasteiger partial charge in [0, 0.05) is 28.2 Å². The van der Waals surface area contributed by atoms with E-state index in [-0.39, 0.29) is 16.9 Å². The highest BCUT2D eigenvalue weighted by atomic mass is 16.3. The average molecular weight is 304 g/mol. The molecule has 0 fully saturated rings. The first-order chi connectivity index (χ1) is 11.1. The van der Waals surface area contributed by atoms with Gasteiger partial charge in [0.1, 0.15) is 11.6 Å². The highest BCUT2D eigenvalue weighted by molar-refractivity contribution is 6.15. The van der Waals surface area contributed by atoms with Crippen molar-refractivity contribution in [1.29, 1.82) is 5.26 Å². The van der Waals surface area contributed by atoms with Crippen LogP contribution >= 0.6 is 0 Å². The number of allylic oxidation sites excluding steroid dienone is 1. The SMILES string of the molecule is N#C/C(=C/c1c[nH]c2ccccc12)C(=O)c1ccc(O)c(O)c1. The number of benzene rings is 2. The minimum absolute atomic E-state index is 0.0557. The number of nitriles is 1. The standard InChI is InChI=1S/C18H12N2O3/c19-9-12(18(23)11-5-6-16(21)17(22)8-11)7-13-10-20-15-4-2-1-3-14(13)15/h1-8,10,20-22H/b12-7-. The first kappa shape index (κ1) is 14.4. The van der Waals surface area contributed by atoms with E-state index in [0.717, 1.165) is 22.5 Å². The summed E-state index contributed by atoms with van der Waals surface area (Å²) in [4.78, 5) is 15.5. The molecule has 2 aromatic carbocycles. The zero-order chi connectivity index (χ0) is 16.4. The zero-order valence-electron chi connectivity index (χ0n) is 11.9. The molecule has 0 saturated carbocycles. The van der Waals surface area contributed by atoms with Gasteiger partial charge in [0.25, 0.3) is 0 Å². The van der Waals surface area contributed by atoms with Gasteiger partial charge >= 0.3 is 0 Å². The van der Waals surface area contributed by atoms with Crippen molar-refractivity contribution in [2.45, 2.75) is 0 Å². The Hall–Kier alpha value is -3.52. The first-order valence-electron chi connectivity index (χ1n) is 6.85. The van der Waals surface area contributed by atoms with Crippen LogP contribution in [-0.2, 0) is 0 Å². The minimum Gasteiger partial charge on any atom is -0.504 e. The summed E-state index contributed by atoms with van der Waals surface area (Å²) in [5.41, 5.74) is 1.71. The van der Waals surface area contributed by atoms with Crippen molar-refractivity contribution in [1.82, 2.24) is 4.98 Å². The molecular formula is C18H12N2O3. The zero-order valence-corrected chi connectivity index (χ0v) is 11.9. The number of Topliss-reactive ketones (excluding diaryl/α,β-unsaturated/α-hetero) is 1. The average Bonchev–Trinajstić information content (AvgIpc) is 2.97. The number of H-pyrrole nitrogens is 1. The van der Waals surface area contributed by atoms with Gasteiger partial charge in [-0.25, -0.2) is 0 Å². The summed E-state index contributed by atoms with van der Waals surface area (Å²) in [5, 5.41) is 29.0. The second-order valence-electron chi connectivity index (χ2n) is 4.99. The molecule has 1 heterocycles. The molecule has 0 unspecified atom stereocenters. The fraction of sp³-hybridized carbons (Fsp3) is 0. The quantitative estimate of drug-likeness (QED) is 0.299. The molecular weight excluding hydrogens is 292 g/mol. The second kappa shape index (κ2) is 5.70. The topological polar surface area (TPSA) is 97.1 Å². The Morgan fingerprint density at radius 2 is 1.91 bits per heavy atom. The Morgan fingerprint density at radius 1 is 1.13 bits per heavy atom. The van der Waals surface area contributed by atoms with E-state index in [4.69, 9.17) is 0 Å². The lowest BCUT2D eigenvalue weighted by molar-refractivity contribution is 0.103. The first-order valence-corrected chi connectivity index (χ1v) is 6.85. The Morgan fingerprint density at radius 3 is 2.65 bits per heavy atom. The van der Waals surface area contributed by atoms with Crippen LogP contribution in [0.4, 0.5) is 0 Å². The molecule has 5 heteroatoms. The van der Waals surface area contributed by atoms with Crippen molar-refractivity contribution in [3.05, 3.63) is 65.4 Å². The van der Waals surface area contributed by atoms with E-state index >= 15 is 0 Å². The number of phenolic OH excluding ortho intramolecular Hbond substituents is 2. The van der Waals surface area contributed by atoms with Crippen LogP contribution in [-0.4, -0.2) is 21.0 Å². The summed E-state index contributed by atoms with van der Waals surface area (Å²) in [7, 11) is 0. The van der Waals surface area contributed by atoms with Crippen LogP contribution in [0.5, 0.6) is 11.5 Å². The number of nitrogens with one attached hydrogen (secondary N) is 1. The van der Waals surface area contributed by atoms with Crippen LogP contribution in [0.15, 0.2) is 54.2 Å². The predicted octanol–water partition coefficient (Wildman–Crippen LogP) is 3.37. The van der Waals surface area contributed by atoms with Gasteiger partial charge in [0.05, 0.1) is 0 Å². The molecule has 0 spiro atoms. The van der Waals surface area contributed by atoms with Crippen molar-refractivity contribution in [3.63, 3.8) is 0 Å². The summed E-state index contributed by atoms with van der Waals surface area (Å²) in [6.45, 7) is 0. The van der Waals surface area contributed by atoms with E-state index in [1.165, 1.54) is 18.2 Å². The molecule has 0 aliphatic carbocycles. The molecule has 3 rings (SSSR count). The number of aromatic amines is 1. The van der Waals surface area contributed by atoms with Gasteiger partial charge in [0.15, 0.2) is 11.5 Å². The van der Waals surface area contributed by atoms with Crippen LogP contribution in [0, 0.1) is 11.3 Å². The van der Waals surface area contributed by atoms with Gasteiger partial charge in [-0.05, 0) is 30.3 Å². The van der Waals surface area contributed by atoms with E-state index in [1.54, 1.807) is 6.20 Å². The fourth-order valence-corrected chi connectivity index (χ4v) is 2.34. The maximum Gasteiger partial charge on any atom is 0.203 e. The van der Waals surface area contributed by atoms with Crippen molar-refractivity contribution in [2.24, 2.45) is 0 Å². The van der Waals surface area contributed by atoms with Crippen molar-refractivity contribution >= 4 is 22.8 Å². The van der Waals surface area contributed by atoms with E-state index in [9.17, 15) is 20.3 Å². The number of aromatic nitrogens is 1. The van der Waals surface area contributed by atoms with Crippen LogP contribution < -0.4 is 0 Å². The molecule has 0 saturated heterocycles. The number of para-hydroxylation sites is 1. The van der Waals surface area contributed by atoms with Crippen molar-refractivity contribution < 1.29 is 15.0 Å². The highest BCUT2D eigenvalue weighted by Gasteiger charge is 2.15. The summed E-state index contributed by atoms with van der Waals surface area (Å²) in [6.07, 6.45) is 3.23. The Balaban J connectivity index is 2.03. The number of ketones is 1. The Kier molecular flexibility index (Phi) is 3.57. The van der Waals surface area contributed by atoms with E-state index in [1.807, 2.05) is 30.3 Å². The third kappa shape index (κ3) is 2.65. The number of hydrogen-bond donors (Lipinski definition) is 3. The third-order valence-corrected chi connectivity index (χ3v) is 3.52. The van der Waals surface area contributed by atoms with Gasteiger partial charge in [-0.15, -0.1) is 0 Å². The van der Waals surface area contributed by atoms with Gasteiger partial charge in [-0.2, -0.15) is 5.26 Å². The number of carbonyl (C=O) groups is 1. The summed E-state index contributed by atoms with van der Waals surface area (Å²) in [5.74, 6) is -1.24. The molecule has 112 valence electrons. The molecule has 0 radical (unpaired) electrons. The number of rotatable bonds is 3. The summed E-state index contributed by atoms with van der Waals surface area (Å²) < 4.78 is 0. The van der Waals surface area contributed by atoms with E-state index in [2.05, 4.69) is 4.98 Å². The summed E-state index contributed by atoms with van der Waals surface area (Å²) in [6, 6.07) is 13.2. The third-order valence-electron chi connectivity index (χ3n) is 3.52. The number of aromatic hydroxyl groups is 2. The number of phenols is 2. The summed E-state index contributed by atoms with van der Waals surface area (Å²) >= 11 is 0. The van der Waals surface area contributed by atoms with Crippen molar-refractivity contribution in [3.8, 4) is 17.6 Å². The molecule has 23 heavy (non-hydrogen) atoms. The molecule has 0 aliphatic heterocycles. The lowest BCUT2D eigenvalue weighted by Crippen LogP contribution is -2.01. The van der Waals surface area contributed by atoms with Crippen LogP contribution in [0.3, 0.4) is 0 Å². The van der Waals surface area contributed by atoms with Gasteiger partial charge in [0.2, 0.25) is 5.78 Å². The number of nitrogens with zero attached hydrogens (tertiary/aromatic N) is 1. The predicted molar refractivity (Wildman–Crippen MR) is 86.0 cm³/mol. The molecule has 0 bridgehead atoms. The molecule has 3 N–H and O–H groups in total. The Bertz CT molecular complexity index is 977. The highest BCUT2D eigenvalue weighted by Crippen LogP contribution is 2.27. The largest absolute Gasteiger partial charge is 0.504 e. The molecule has 0 amide bonds. The van der Waals surface area contributed by atoms with Crippen LogP contribution in [0.2, 0.25) is 0 Å². The minimum atomic E-state index is -0.520. The lowest BCUT2D eigenvalue weighted by Gasteiger charge is -2.02. The molecule has 1 aromatic heterocycles. The normalized spacial score (nSPS) is 11.3. The van der Waals surface area contributed by atoms with Crippen LogP contribution in [0.1, 0.15) is 15.9 Å². The van der Waals surface area contributed by atoms with Crippen LogP contribution in [0.25, 0.3) is 17.0 Å². The maximum absolute atomic E-state index is 12.4. The molecule has 3 aromatic rings. The molecule has 0 aliphatic rings. The van der Waals surface area contributed by atoms with E-state index in [0.29, 0.717) is 0 Å². The van der Waals surface area contributed by atoms with E-state index < -0.39 is 11.5 Å². The van der Waals surface area contributed by atoms with Gasteiger partial charge < -0.3 is 15.2 Å². The Labute approximate surface area is 131 Å². The second-order valence-corrected chi connectivity index (χ2v) is 4.99. The van der Waals surface area contributed by atoms with Gasteiger partial charge in [-0.1, -0.05) is 18.2 Å². The fourth-order valence-electron chi connectivity index (χ4n) is 2.34. The number of hydrogen-bond acceptors (Lipinski definition) is 4. The monoisotopic (exact) mass is 304 g/mol. The number of fused-ring (bicyclic) bond motifs is 1. The van der Waals surface area contributed by atoms with Gasteiger partial charge in [-0.3, -0.25) is 4.79 Å².